The molecule has 0 radical (unpaired) electrons. The fourth-order valence-corrected chi connectivity index (χ4v) is 2.51. The molecule has 0 amide bonds. The number of hydrogen-bond donors (Lipinski definition) is 0. The maximum absolute atomic E-state index is 4.81. The Morgan fingerprint density at radius 1 is 0.952 bits per heavy atom. The van der Waals surface area contributed by atoms with E-state index in [-0.39, 0.29) is 17.0 Å². The average Bonchev–Trinajstić information content (AvgIpc) is 2.43. The first kappa shape index (κ1) is 19.0. The van der Waals surface area contributed by atoms with Crippen LogP contribution in [0.4, 0.5) is 0 Å². The molecule has 1 aromatic heterocycles. The summed E-state index contributed by atoms with van der Waals surface area (Å²) in [5.41, 5.74) is 3.70. The molecule has 0 aliphatic rings. The molecule has 1 heterocycles. The van der Waals surface area contributed by atoms with E-state index < -0.39 is 4.30 Å². The van der Waals surface area contributed by atoms with Gasteiger partial charge in [-0.25, -0.2) is 4.98 Å². The molecule has 2 aromatic carbocycles. The highest BCUT2D eigenvalue weighted by molar-refractivity contribution is 9.08. The van der Waals surface area contributed by atoms with E-state index in [4.69, 9.17) is 34.8 Å². The van der Waals surface area contributed by atoms with Gasteiger partial charge in [0.25, 0.3) is 0 Å². The van der Waals surface area contributed by atoms with Crippen molar-refractivity contribution in [3.05, 3.63) is 54.1 Å². The maximum Gasteiger partial charge on any atom is 0.215 e. The maximum atomic E-state index is 4.81. The van der Waals surface area contributed by atoms with Gasteiger partial charge in [0, 0.05) is 27.7 Å². The second-order valence-corrected chi connectivity index (χ2v) is 6.66. The van der Waals surface area contributed by atoms with Gasteiger partial charge in [-0.05, 0) is 18.2 Å². The van der Waals surface area contributed by atoms with Crippen molar-refractivity contribution in [1.82, 2.24) is 0 Å². The third kappa shape index (κ3) is 5.26. The normalized spacial score (nSPS) is 10.1. The first-order valence-corrected chi connectivity index (χ1v) is 8.35. The predicted molar refractivity (Wildman–Crippen MR) is 92.0 cm³/mol. The standard InChI is InChI=1S/C14H10BrN.CHCl3.BrH/c15-9-12-6-3-5-11-8-10-4-1-2-7-13(10)16-14(11)12;2-1(3)4;/h1-8H,9H2;1H;1H. The molecule has 0 aliphatic heterocycles. The summed E-state index contributed by atoms with van der Waals surface area (Å²) in [4.78, 5) is 3.50. The number of H-pyrrole nitrogens is 1. The van der Waals surface area contributed by atoms with Crippen LogP contribution in [0.5, 0.6) is 0 Å². The van der Waals surface area contributed by atoms with Crippen molar-refractivity contribution >= 4 is 72.5 Å². The lowest BCUT2D eigenvalue weighted by molar-refractivity contribution is -0.310. The lowest BCUT2D eigenvalue weighted by Gasteiger charge is -1.99. The molecule has 0 saturated heterocycles. The zero-order valence-electron chi connectivity index (χ0n) is 10.8. The number of rotatable bonds is 1. The second-order valence-electron chi connectivity index (χ2n) is 4.12. The highest BCUT2D eigenvalue weighted by atomic mass is 79.9. The minimum absolute atomic E-state index is 0. The van der Waals surface area contributed by atoms with Crippen molar-refractivity contribution in [1.29, 1.82) is 0 Å². The van der Waals surface area contributed by atoms with Gasteiger partial charge in [-0.15, -0.1) is 0 Å². The Bertz CT molecular complexity index is 717. The number of benzene rings is 2. The Labute approximate surface area is 157 Å². The summed E-state index contributed by atoms with van der Waals surface area (Å²) in [6.45, 7) is 0. The average molecular weight is 472 g/mol. The van der Waals surface area contributed by atoms with Crippen LogP contribution in [-0.4, -0.2) is 4.30 Å². The third-order valence-electron chi connectivity index (χ3n) is 2.86. The number of fused-ring (bicyclic) bond motifs is 2. The number of alkyl halides is 4. The Kier molecular flexibility index (Phi) is 8.28. The molecule has 21 heavy (non-hydrogen) atoms. The molecular formula is C15H12Br2Cl3N. The fourth-order valence-electron chi connectivity index (χ4n) is 2.04. The van der Waals surface area contributed by atoms with Crippen molar-refractivity contribution < 1.29 is 22.0 Å². The number of hydrogen-bond acceptors (Lipinski definition) is 0. The third-order valence-corrected chi connectivity index (χ3v) is 3.46. The molecule has 3 rings (SSSR count). The van der Waals surface area contributed by atoms with Crippen LogP contribution in [0, 0.1) is 0 Å². The molecule has 0 saturated carbocycles. The summed E-state index contributed by atoms with van der Waals surface area (Å²) in [5, 5.41) is 3.39. The smallest absolute Gasteiger partial charge is 0.215 e. The van der Waals surface area contributed by atoms with Crippen molar-refractivity contribution in [2.45, 2.75) is 9.63 Å². The number of pyridine rings is 1. The van der Waals surface area contributed by atoms with Gasteiger partial charge in [0.15, 0.2) is 4.30 Å². The summed E-state index contributed by atoms with van der Waals surface area (Å²) in [6, 6.07) is 17.0. The molecule has 3 aromatic rings. The quantitative estimate of drug-likeness (QED) is 0.382. The Morgan fingerprint density at radius 2 is 1.57 bits per heavy atom. The molecule has 112 valence electrons. The van der Waals surface area contributed by atoms with Gasteiger partial charge in [-0.3, -0.25) is 0 Å². The SMILES string of the molecule is BrCc1cccc2cc3ccccc3[nH+]c12.ClC(Cl)Cl.[Br-]. The minimum Gasteiger partial charge on any atom is -1.00 e. The van der Waals surface area contributed by atoms with Crippen LogP contribution in [0.25, 0.3) is 21.8 Å². The van der Waals surface area contributed by atoms with Crippen LogP contribution >= 0.6 is 50.7 Å². The Morgan fingerprint density at radius 3 is 2.24 bits per heavy atom. The lowest BCUT2D eigenvalue weighted by Crippen LogP contribution is -3.00. The van der Waals surface area contributed by atoms with E-state index in [0.29, 0.717) is 0 Å². The van der Waals surface area contributed by atoms with Gasteiger partial charge >= 0.3 is 0 Å². The van der Waals surface area contributed by atoms with Crippen LogP contribution in [0.3, 0.4) is 0 Å². The summed E-state index contributed by atoms with van der Waals surface area (Å²) in [5.74, 6) is 0. The van der Waals surface area contributed by atoms with E-state index in [1.54, 1.807) is 0 Å². The van der Waals surface area contributed by atoms with E-state index >= 15 is 0 Å². The zero-order valence-corrected chi connectivity index (χ0v) is 16.2. The molecule has 0 atom stereocenters. The molecule has 0 spiro atoms. The second kappa shape index (κ2) is 9.16. The number of aromatic amines is 1. The van der Waals surface area contributed by atoms with E-state index in [1.165, 1.54) is 27.4 Å². The van der Waals surface area contributed by atoms with E-state index in [9.17, 15) is 0 Å². The Balaban J connectivity index is 0.000000397. The van der Waals surface area contributed by atoms with Crippen LogP contribution in [0.1, 0.15) is 5.56 Å². The topological polar surface area (TPSA) is 14.1 Å². The monoisotopic (exact) mass is 469 g/mol. The minimum atomic E-state index is -0.750. The van der Waals surface area contributed by atoms with Gasteiger partial charge < -0.3 is 17.0 Å². The van der Waals surface area contributed by atoms with Crippen LogP contribution < -0.4 is 22.0 Å². The summed E-state index contributed by atoms with van der Waals surface area (Å²) < 4.78 is -0.750. The van der Waals surface area contributed by atoms with Crippen molar-refractivity contribution in [3.8, 4) is 0 Å². The van der Waals surface area contributed by atoms with E-state index in [2.05, 4.69) is 69.4 Å². The van der Waals surface area contributed by atoms with E-state index in [1.807, 2.05) is 0 Å². The summed E-state index contributed by atoms with van der Waals surface area (Å²) in [6.07, 6.45) is 0. The highest BCUT2D eigenvalue weighted by Crippen LogP contribution is 2.20. The highest BCUT2D eigenvalue weighted by Gasteiger charge is 2.08. The van der Waals surface area contributed by atoms with Crippen LogP contribution in [0.15, 0.2) is 48.5 Å². The first-order chi connectivity index (χ1) is 9.61. The van der Waals surface area contributed by atoms with Gasteiger partial charge in [-0.1, -0.05) is 75.0 Å². The molecule has 1 nitrogen and oxygen atoms in total. The predicted octanol–water partition coefficient (Wildman–Crippen LogP) is 2.69. The zero-order chi connectivity index (χ0) is 14.5. The Hall–Kier alpha value is -0.0600. The number of aromatic nitrogens is 1. The lowest BCUT2D eigenvalue weighted by atomic mass is 10.1. The van der Waals surface area contributed by atoms with Gasteiger partial charge in [0.1, 0.15) is 0 Å². The van der Waals surface area contributed by atoms with Crippen LogP contribution in [0.2, 0.25) is 0 Å². The molecule has 1 N–H and O–H groups in total. The molecule has 0 aliphatic carbocycles. The van der Waals surface area contributed by atoms with Crippen molar-refractivity contribution in [3.63, 3.8) is 0 Å². The van der Waals surface area contributed by atoms with Gasteiger partial charge in [0.2, 0.25) is 11.0 Å². The summed E-state index contributed by atoms with van der Waals surface area (Å²) >= 11 is 17.9. The van der Waals surface area contributed by atoms with Crippen LogP contribution in [-0.2, 0) is 5.33 Å². The molecular weight excluding hydrogens is 460 g/mol. The molecule has 0 bridgehead atoms. The largest absolute Gasteiger partial charge is 1.00 e. The van der Waals surface area contributed by atoms with Crippen molar-refractivity contribution in [2.24, 2.45) is 0 Å². The fraction of sp³-hybridized carbons (Fsp3) is 0.133. The number of para-hydroxylation sites is 2. The van der Waals surface area contributed by atoms with E-state index in [0.717, 1.165) is 5.33 Å². The number of halogens is 5. The van der Waals surface area contributed by atoms with Gasteiger partial charge in [-0.2, -0.15) is 0 Å². The number of nitrogens with one attached hydrogen (secondary N) is 1. The molecule has 0 fully saturated rings. The first-order valence-electron chi connectivity index (χ1n) is 5.92. The molecule has 0 unspecified atom stereocenters. The van der Waals surface area contributed by atoms with Gasteiger partial charge in [0.05, 0.1) is 0 Å². The summed E-state index contributed by atoms with van der Waals surface area (Å²) in [7, 11) is 0. The van der Waals surface area contributed by atoms with Crippen molar-refractivity contribution in [2.75, 3.05) is 0 Å². The molecule has 6 heteroatoms.